The van der Waals surface area contributed by atoms with Crippen LogP contribution in [0.2, 0.25) is 0 Å². The summed E-state index contributed by atoms with van der Waals surface area (Å²) in [7, 11) is 0. The zero-order valence-electron chi connectivity index (χ0n) is 15.8. The van der Waals surface area contributed by atoms with Gasteiger partial charge in [-0.2, -0.15) is 0 Å². The smallest absolute Gasteiger partial charge is 0.321 e. The first-order chi connectivity index (χ1) is 13.8. The molecule has 5 nitrogen and oxygen atoms in total. The lowest BCUT2D eigenvalue weighted by atomic mass is 10.0. The van der Waals surface area contributed by atoms with Crippen LogP contribution >= 0.6 is 0 Å². The quantitative estimate of drug-likeness (QED) is 0.752. The van der Waals surface area contributed by atoms with Gasteiger partial charge in [-0.1, -0.05) is 48.5 Å². The molecule has 0 bridgehead atoms. The number of anilines is 2. The van der Waals surface area contributed by atoms with Crippen molar-refractivity contribution in [3.8, 4) is 0 Å². The first-order valence-corrected chi connectivity index (χ1v) is 9.62. The van der Waals surface area contributed by atoms with Gasteiger partial charge in [-0.25, -0.2) is 4.79 Å². The first kappa shape index (κ1) is 18.0. The highest BCUT2D eigenvalue weighted by molar-refractivity contribution is 5.90. The summed E-state index contributed by atoms with van der Waals surface area (Å²) < 4.78 is 0. The van der Waals surface area contributed by atoms with Crippen LogP contribution < -0.4 is 10.2 Å². The Hall–Kier alpha value is -3.34. The van der Waals surface area contributed by atoms with Gasteiger partial charge in [0.15, 0.2) is 0 Å². The molecule has 1 saturated heterocycles. The Labute approximate surface area is 165 Å². The number of hydrogen-bond donors (Lipinski definition) is 1. The van der Waals surface area contributed by atoms with E-state index in [-0.39, 0.29) is 6.03 Å². The van der Waals surface area contributed by atoms with Crippen molar-refractivity contribution in [2.75, 3.05) is 36.4 Å². The first-order valence-electron chi connectivity index (χ1n) is 9.62. The number of urea groups is 1. The van der Waals surface area contributed by atoms with Crippen LogP contribution in [0.3, 0.4) is 0 Å². The number of hydrogen-bond acceptors (Lipinski definition) is 3. The number of aromatic nitrogens is 1. The molecule has 1 N–H and O–H groups in total. The van der Waals surface area contributed by atoms with Crippen LogP contribution in [-0.2, 0) is 6.42 Å². The van der Waals surface area contributed by atoms with Gasteiger partial charge >= 0.3 is 6.03 Å². The van der Waals surface area contributed by atoms with Crippen molar-refractivity contribution in [3.05, 3.63) is 90.3 Å². The van der Waals surface area contributed by atoms with E-state index in [1.54, 1.807) is 12.4 Å². The average Bonchev–Trinajstić information content (AvgIpc) is 2.76. The van der Waals surface area contributed by atoms with Crippen molar-refractivity contribution in [1.82, 2.24) is 9.88 Å². The van der Waals surface area contributed by atoms with E-state index in [0.717, 1.165) is 36.4 Å². The summed E-state index contributed by atoms with van der Waals surface area (Å²) in [5.74, 6) is 0. The van der Waals surface area contributed by atoms with Crippen LogP contribution in [0.1, 0.15) is 11.1 Å². The van der Waals surface area contributed by atoms with E-state index in [1.807, 2.05) is 53.4 Å². The monoisotopic (exact) mass is 372 g/mol. The largest absolute Gasteiger partial charge is 0.368 e. The maximum absolute atomic E-state index is 12.8. The molecular formula is C23H24N4O. The molecule has 0 unspecified atom stereocenters. The maximum Gasteiger partial charge on any atom is 0.321 e. The molecule has 0 saturated carbocycles. The molecule has 0 atom stereocenters. The average molecular weight is 372 g/mol. The highest BCUT2D eigenvalue weighted by Crippen LogP contribution is 2.20. The Kier molecular flexibility index (Phi) is 5.52. The Morgan fingerprint density at radius 1 is 0.857 bits per heavy atom. The molecule has 3 aromatic rings. The second kappa shape index (κ2) is 8.57. The van der Waals surface area contributed by atoms with Crippen LogP contribution in [0, 0.1) is 0 Å². The van der Waals surface area contributed by atoms with Gasteiger partial charge in [0.25, 0.3) is 0 Å². The molecule has 4 rings (SSSR count). The highest BCUT2D eigenvalue weighted by atomic mass is 16.2. The SMILES string of the molecule is O=C(Nc1ccccc1Cc1ccccc1)N1CCN(c2ccncc2)CC1. The normalized spacial score (nSPS) is 14.0. The highest BCUT2D eigenvalue weighted by Gasteiger charge is 2.21. The number of pyridine rings is 1. The number of nitrogens with zero attached hydrogens (tertiary/aromatic N) is 3. The van der Waals surface area contributed by atoms with Gasteiger partial charge in [0, 0.05) is 49.9 Å². The van der Waals surface area contributed by atoms with E-state index in [1.165, 1.54) is 5.56 Å². The van der Waals surface area contributed by atoms with Crippen molar-refractivity contribution in [1.29, 1.82) is 0 Å². The fourth-order valence-electron chi connectivity index (χ4n) is 3.53. The summed E-state index contributed by atoms with van der Waals surface area (Å²) in [6.07, 6.45) is 4.41. The Balaban J connectivity index is 1.38. The minimum atomic E-state index is -0.0325. The Morgan fingerprint density at radius 3 is 2.29 bits per heavy atom. The molecule has 1 aliphatic rings. The fourth-order valence-corrected chi connectivity index (χ4v) is 3.53. The third-order valence-corrected chi connectivity index (χ3v) is 5.09. The second-order valence-electron chi connectivity index (χ2n) is 6.93. The second-order valence-corrected chi connectivity index (χ2v) is 6.93. The van der Waals surface area contributed by atoms with Crippen molar-refractivity contribution < 1.29 is 4.79 Å². The zero-order valence-corrected chi connectivity index (χ0v) is 15.8. The third kappa shape index (κ3) is 4.31. The predicted octanol–water partition coefficient (Wildman–Crippen LogP) is 4.03. The summed E-state index contributed by atoms with van der Waals surface area (Å²) in [6, 6.07) is 22.3. The topological polar surface area (TPSA) is 48.5 Å². The molecule has 2 aromatic carbocycles. The molecule has 0 aliphatic carbocycles. The lowest BCUT2D eigenvalue weighted by Crippen LogP contribution is -2.50. The van der Waals surface area contributed by atoms with Crippen molar-refractivity contribution in [3.63, 3.8) is 0 Å². The number of piperazine rings is 1. The van der Waals surface area contributed by atoms with Crippen molar-refractivity contribution in [2.24, 2.45) is 0 Å². The molecule has 5 heteroatoms. The van der Waals surface area contributed by atoms with E-state index in [4.69, 9.17) is 0 Å². The van der Waals surface area contributed by atoms with Crippen LogP contribution in [0.5, 0.6) is 0 Å². The van der Waals surface area contributed by atoms with Gasteiger partial charge in [-0.05, 0) is 35.7 Å². The lowest BCUT2D eigenvalue weighted by molar-refractivity contribution is 0.208. The Bertz CT molecular complexity index is 906. The van der Waals surface area contributed by atoms with Crippen molar-refractivity contribution in [2.45, 2.75) is 6.42 Å². The van der Waals surface area contributed by atoms with Gasteiger partial charge in [-0.15, -0.1) is 0 Å². The van der Waals surface area contributed by atoms with E-state index in [0.29, 0.717) is 13.1 Å². The number of amides is 2. The van der Waals surface area contributed by atoms with Crippen molar-refractivity contribution >= 4 is 17.4 Å². The minimum absolute atomic E-state index is 0.0325. The predicted molar refractivity (Wildman–Crippen MR) is 113 cm³/mol. The molecule has 2 amide bonds. The molecule has 142 valence electrons. The summed E-state index contributed by atoms with van der Waals surface area (Å²) in [6.45, 7) is 3.05. The molecule has 1 aliphatic heterocycles. The number of carbonyl (C=O) groups excluding carboxylic acids is 1. The van der Waals surface area contributed by atoms with E-state index in [2.05, 4.69) is 33.4 Å². The number of carbonyl (C=O) groups is 1. The van der Waals surface area contributed by atoms with E-state index in [9.17, 15) is 4.79 Å². The van der Waals surface area contributed by atoms with Crippen LogP contribution in [-0.4, -0.2) is 42.1 Å². The third-order valence-electron chi connectivity index (χ3n) is 5.09. The molecule has 0 radical (unpaired) electrons. The van der Waals surface area contributed by atoms with Gasteiger partial charge in [-0.3, -0.25) is 4.98 Å². The molecule has 1 fully saturated rings. The summed E-state index contributed by atoms with van der Waals surface area (Å²) in [4.78, 5) is 21.0. The van der Waals surface area contributed by atoms with Crippen LogP contribution in [0.4, 0.5) is 16.2 Å². The standard InChI is InChI=1S/C23H24N4O/c28-23(27-16-14-26(15-17-27)21-10-12-24-13-11-21)25-22-9-5-4-8-20(22)18-19-6-2-1-3-7-19/h1-13H,14-18H2,(H,25,28). The molecule has 28 heavy (non-hydrogen) atoms. The lowest BCUT2D eigenvalue weighted by Gasteiger charge is -2.36. The maximum atomic E-state index is 12.8. The number of nitrogens with one attached hydrogen (secondary N) is 1. The number of rotatable bonds is 4. The van der Waals surface area contributed by atoms with Gasteiger partial charge in [0.05, 0.1) is 0 Å². The minimum Gasteiger partial charge on any atom is -0.368 e. The zero-order chi connectivity index (χ0) is 19.2. The van der Waals surface area contributed by atoms with Gasteiger partial charge in [0.2, 0.25) is 0 Å². The van der Waals surface area contributed by atoms with E-state index < -0.39 is 0 Å². The molecule has 2 heterocycles. The summed E-state index contributed by atoms with van der Waals surface area (Å²) in [5, 5.41) is 3.11. The molecular weight excluding hydrogens is 348 g/mol. The van der Waals surface area contributed by atoms with Crippen LogP contribution in [0.15, 0.2) is 79.1 Å². The van der Waals surface area contributed by atoms with Gasteiger partial charge < -0.3 is 15.1 Å². The fraction of sp³-hybridized carbons (Fsp3) is 0.217. The number of benzene rings is 2. The van der Waals surface area contributed by atoms with Gasteiger partial charge in [0.1, 0.15) is 0 Å². The summed E-state index contributed by atoms with van der Waals surface area (Å²) in [5.41, 5.74) is 4.39. The van der Waals surface area contributed by atoms with Crippen LogP contribution in [0.25, 0.3) is 0 Å². The molecule has 1 aromatic heterocycles. The Morgan fingerprint density at radius 2 is 1.54 bits per heavy atom. The number of para-hydroxylation sites is 1. The summed E-state index contributed by atoms with van der Waals surface area (Å²) >= 11 is 0. The molecule has 0 spiro atoms. The van der Waals surface area contributed by atoms with E-state index >= 15 is 0 Å².